The van der Waals surface area contributed by atoms with Crippen molar-refractivity contribution < 1.29 is 28.1 Å². The maximum atomic E-state index is 13.0. The zero-order valence-corrected chi connectivity index (χ0v) is 24.7. The summed E-state index contributed by atoms with van der Waals surface area (Å²) in [6, 6.07) is 5.11. The quantitative estimate of drug-likeness (QED) is 0.312. The summed E-state index contributed by atoms with van der Waals surface area (Å²) in [7, 11) is 0. The molecule has 0 saturated carbocycles. The number of halogens is 4. The van der Waals surface area contributed by atoms with E-state index < -0.39 is 18.5 Å². The fourth-order valence-electron chi connectivity index (χ4n) is 5.65. The lowest BCUT2D eigenvalue weighted by molar-refractivity contribution is -0.276. The second-order valence-corrected chi connectivity index (χ2v) is 11.8. The lowest BCUT2D eigenvalue weighted by atomic mass is 9.72. The molecule has 4 rings (SSSR count). The van der Waals surface area contributed by atoms with Gasteiger partial charge in [0.1, 0.15) is 18.2 Å². The average molecular weight is 596 g/mol. The maximum Gasteiger partial charge on any atom is 0.428 e. The number of likely N-dealkylation sites (tertiary alicyclic amines) is 1. The Hall–Kier alpha value is -2.73. The first-order chi connectivity index (χ1) is 19.2. The number of ether oxygens (including phenoxy) is 1. The highest BCUT2D eigenvalue weighted by molar-refractivity contribution is 6.33. The van der Waals surface area contributed by atoms with Gasteiger partial charge in [-0.2, -0.15) is 13.2 Å². The molecule has 2 saturated heterocycles. The number of nitrogens with one attached hydrogen (secondary N) is 1. The standard InChI is InChI=1S/C29H37ClF3N5O3/c1-6-7-19(39)11-41-20-8-9-22(30)21(10-20)25-35-24(23(16(2)3)18(5)34)17(4)26(36-25)37-12-28(13-37)14-38(15-28)27(40)29(31,32)33/h8-10,19,27,34,39-40H,6-7,11-15H2,1-5H3/t19-,27?/m1/s1. The van der Waals surface area contributed by atoms with E-state index in [4.69, 9.17) is 31.7 Å². The second-order valence-electron chi connectivity index (χ2n) is 11.4. The van der Waals surface area contributed by atoms with Crippen LogP contribution in [0.15, 0.2) is 23.8 Å². The van der Waals surface area contributed by atoms with Crippen molar-refractivity contribution in [1.29, 1.82) is 5.41 Å². The van der Waals surface area contributed by atoms with Crippen molar-refractivity contribution in [1.82, 2.24) is 14.9 Å². The summed E-state index contributed by atoms with van der Waals surface area (Å²) >= 11 is 6.61. The van der Waals surface area contributed by atoms with Crippen molar-refractivity contribution in [3.63, 3.8) is 0 Å². The van der Waals surface area contributed by atoms with Gasteiger partial charge in [0.2, 0.25) is 6.23 Å². The lowest BCUT2D eigenvalue weighted by Crippen LogP contribution is -2.75. The molecule has 8 nitrogen and oxygen atoms in total. The Morgan fingerprint density at radius 1 is 1.15 bits per heavy atom. The van der Waals surface area contributed by atoms with Gasteiger partial charge < -0.3 is 25.3 Å². The number of nitrogens with zero attached hydrogens (tertiary/aromatic N) is 4. The second kappa shape index (κ2) is 11.9. The van der Waals surface area contributed by atoms with Crippen LogP contribution >= 0.6 is 11.6 Å². The molecule has 1 unspecified atom stereocenters. The van der Waals surface area contributed by atoms with Gasteiger partial charge in [0, 0.05) is 54.0 Å². The summed E-state index contributed by atoms with van der Waals surface area (Å²) < 4.78 is 44.7. The number of aliphatic hydroxyl groups excluding tert-OH is 2. The number of benzene rings is 1. The van der Waals surface area contributed by atoms with Crippen molar-refractivity contribution in [2.75, 3.05) is 37.7 Å². The average Bonchev–Trinajstić information content (AvgIpc) is 2.82. The van der Waals surface area contributed by atoms with Gasteiger partial charge >= 0.3 is 6.18 Å². The molecule has 12 heteroatoms. The fourth-order valence-corrected chi connectivity index (χ4v) is 5.85. The third kappa shape index (κ3) is 6.53. The van der Waals surface area contributed by atoms with E-state index >= 15 is 0 Å². The maximum absolute atomic E-state index is 13.0. The number of hydrogen-bond donors (Lipinski definition) is 3. The van der Waals surface area contributed by atoms with E-state index in [0.29, 0.717) is 64.5 Å². The fraction of sp³-hybridized carbons (Fsp3) is 0.552. The summed E-state index contributed by atoms with van der Waals surface area (Å²) in [5.41, 5.74) is 3.42. The number of aliphatic hydroxyl groups is 2. The van der Waals surface area contributed by atoms with Crippen LogP contribution < -0.4 is 9.64 Å². The highest BCUT2D eigenvalue weighted by Gasteiger charge is 2.57. The highest BCUT2D eigenvalue weighted by atomic mass is 35.5. The molecule has 0 bridgehead atoms. The first-order valence-electron chi connectivity index (χ1n) is 13.6. The zero-order valence-electron chi connectivity index (χ0n) is 23.9. The first-order valence-corrected chi connectivity index (χ1v) is 14.0. The van der Waals surface area contributed by atoms with Gasteiger partial charge in [-0.3, -0.25) is 4.90 Å². The molecule has 2 aromatic rings. The Balaban J connectivity index is 1.68. The number of aromatic nitrogens is 2. The van der Waals surface area contributed by atoms with Crippen molar-refractivity contribution in [2.24, 2.45) is 5.41 Å². The van der Waals surface area contributed by atoms with Crippen LogP contribution in [0.1, 0.15) is 51.8 Å². The van der Waals surface area contributed by atoms with E-state index in [1.807, 2.05) is 32.6 Å². The predicted molar refractivity (Wildman–Crippen MR) is 154 cm³/mol. The normalized spacial score (nSPS) is 18.0. The van der Waals surface area contributed by atoms with Crippen LogP contribution in [0, 0.1) is 17.7 Å². The van der Waals surface area contributed by atoms with Gasteiger partial charge in [0.25, 0.3) is 0 Å². The Bertz CT molecular complexity index is 1330. The molecule has 0 aliphatic carbocycles. The predicted octanol–water partition coefficient (Wildman–Crippen LogP) is 5.48. The highest BCUT2D eigenvalue weighted by Crippen LogP contribution is 2.45. The molecule has 2 atom stereocenters. The largest absolute Gasteiger partial charge is 0.491 e. The van der Waals surface area contributed by atoms with Crippen molar-refractivity contribution in [2.45, 2.75) is 66.0 Å². The summed E-state index contributed by atoms with van der Waals surface area (Å²) in [5, 5.41) is 28.5. The molecular weight excluding hydrogens is 559 g/mol. The van der Waals surface area contributed by atoms with Crippen LogP contribution in [0.5, 0.6) is 5.75 Å². The molecule has 0 amide bonds. The molecular formula is C29H37ClF3N5O3. The van der Waals surface area contributed by atoms with E-state index in [9.17, 15) is 23.4 Å². The van der Waals surface area contributed by atoms with Gasteiger partial charge in [-0.25, -0.2) is 9.97 Å². The first kappa shape index (κ1) is 31.2. The molecule has 41 heavy (non-hydrogen) atoms. The third-order valence-corrected chi connectivity index (χ3v) is 7.87. The summed E-state index contributed by atoms with van der Waals surface area (Å²) in [6.07, 6.45) is -6.29. The molecule has 1 spiro atoms. The van der Waals surface area contributed by atoms with Crippen LogP contribution in [0.25, 0.3) is 17.0 Å². The Kier molecular flexibility index (Phi) is 9.04. The monoisotopic (exact) mass is 595 g/mol. The van der Waals surface area contributed by atoms with Crippen LogP contribution in [-0.4, -0.2) is 82.1 Å². The minimum absolute atomic E-state index is 0.130. The lowest BCUT2D eigenvalue weighted by Gasteiger charge is -2.61. The number of allylic oxidation sites excluding steroid dienone is 2. The number of hydrogen-bond acceptors (Lipinski definition) is 8. The molecule has 2 aliphatic rings. The molecule has 1 aromatic carbocycles. The molecule has 3 heterocycles. The smallest absolute Gasteiger partial charge is 0.428 e. The number of rotatable bonds is 10. The van der Waals surface area contributed by atoms with Crippen LogP contribution in [-0.2, 0) is 0 Å². The van der Waals surface area contributed by atoms with E-state index in [1.54, 1.807) is 25.1 Å². The summed E-state index contributed by atoms with van der Waals surface area (Å²) in [5.74, 6) is 1.44. The summed E-state index contributed by atoms with van der Waals surface area (Å²) in [4.78, 5) is 12.7. The van der Waals surface area contributed by atoms with Crippen molar-refractivity contribution in [3.8, 4) is 17.1 Å². The minimum Gasteiger partial charge on any atom is -0.491 e. The van der Waals surface area contributed by atoms with Gasteiger partial charge in [0.15, 0.2) is 5.82 Å². The van der Waals surface area contributed by atoms with Crippen molar-refractivity contribution in [3.05, 3.63) is 40.1 Å². The third-order valence-electron chi connectivity index (χ3n) is 7.54. The van der Waals surface area contributed by atoms with Gasteiger partial charge in [-0.1, -0.05) is 30.5 Å². The summed E-state index contributed by atoms with van der Waals surface area (Å²) in [6.45, 7) is 10.7. The van der Waals surface area contributed by atoms with E-state index in [1.165, 1.54) is 0 Å². The van der Waals surface area contributed by atoms with E-state index in [-0.39, 0.29) is 25.1 Å². The minimum atomic E-state index is -4.69. The van der Waals surface area contributed by atoms with Gasteiger partial charge in [-0.15, -0.1) is 0 Å². The molecule has 0 radical (unpaired) electrons. The zero-order chi connectivity index (χ0) is 30.3. The number of alkyl halides is 3. The van der Waals surface area contributed by atoms with Crippen molar-refractivity contribution >= 4 is 28.7 Å². The van der Waals surface area contributed by atoms with E-state index in [0.717, 1.165) is 22.5 Å². The van der Waals surface area contributed by atoms with Gasteiger partial charge in [0.05, 0.1) is 16.8 Å². The Morgan fingerprint density at radius 2 is 1.80 bits per heavy atom. The topological polar surface area (TPSA) is 106 Å². The van der Waals surface area contributed by atoms with E-state index in [2.05, 4.69) is 0 Å². The SMILES string of the molecule is CCC[C@@H](O)COc1ccc(Cl)c(-c2nc(C(C(C)=N)=C(C)C)c(C)c(N3CC4(C3)CN(C(O)C(F)(F)F)C4)n2)c1. The molecule has 2 aliphatic heterocycles. The molecule has 3 N–H and O–H groups in total. The number of anilines is 1. The Morgan fingerprint density at radius 3 is 2.37 bits per heavy atom. The van der Waals surface area contributed by atoms with Crippen LogP contribution in [0.2, 0.25) is 5.02 Å². The van der Waals surface area contributed by atoms with Crippen LogP contribution in [0.4, 0.5) is 19.0 Å². The molecule has 2 fully saturated rings. The van der Waals surface area contributed by atoms with Gasteiger partial charge in [-0.05, 0) is 52.3 Å². The van der Waals surface area contributed by atoms with Crippen LogP contribution in [0.3, 0.4) is 0 Å². The Labute approximate surface area is 243 Å². The molecule has 1 aromatic heterocycles. The molecule has 224 valence electrons.